The van der Waals surface area contributed by atoms with Crippen molar-refractivity contribution < 1.29 is 0 Å². The van der Waals surface area contributed by atoms with Crippen molar-refractivity contribution in [3.63, 3.8) is 0 Å². The Morgan fingerprint density at radius 1 is 1.30 bits per heavy atom. The molecule has 2 N–H and O–H groups in total. The molecule has 0 spiro atoms. The summed E-state index contributed by atoms with van der Waals surface area (Å²) < 4.78 is 0. The Hall–Kier alpha value is -0.400. The van der Waals surface area contributed by atoms with E-state index in [2.05, 4.69) is 0 Å². The first-order valence-corrected chi connectivity index (χ1v) is 3.71. The third-order valence-corrected chi connectivity index (χ3v) is 1.67. The van der Waals surface area contributed by atoms with Crippen LogP contribution < -0.4 is 5.73 Å². The standard InChI is InChI=1S/C7H7Cl2N/c8-7(9)5-2-1-3-6(10)4-5/h1-4,7H,10H2. The van der Waals surface area contributed by atoms with Crippen LogP contribution in [0.1, 0.15) is 10.4 Å². The Bertz CT molecular complexity index is 223. The van der Waals surface area contributed by atoms with Gasteiger partial charge in [-0.2, -0.15) is 0 Å². The molecule has 54 valence electrons. The molecule has 0 saturated carbocycles. The van der Waals surface area contributed by atoms with Gasteiger partial charge >= 0.3 is 0 Å². The normalized spacial score (nSPS) is 10.3. The molecule has 0 atom stereocenters. The molecule has 10 heavy (non-hydrogen) atoms. The fourth-order valence-corrected chi connectivity index (χ4v) is 0.966. The third kappa shape index (κ3) is 1.79. The summed E-state index contributed by atoms with van der Waals surface area (Å²) in [5, 5.41) is 0. The highest BCUT2D eigenvalue weighted by Crippen LogP contribution is 2.25. The van der Waals surface area contributed by atoms with Crippen molar-refractivity contribution >= 4 is 28.9 Å². The molecule has 0 heterocycles. The molecular formula is C7H7Cl2N. The van der Waals surface area contributed by atoms with Crippen LogP contribution in [0.25, 0.3) is 0 Å². The average Bonchev–Trinajstić information content (AvgIpc) is 1.88. The highest BCUT2D eigenvalue weighted by molar-refractivity contribution is 6.44. The van der Waals surface area contributed by atoms with Crippen LogP contribution in [0, 0.1) is 0 Å². The van der Waals surface area contributed by atoms with Crippen molar-refractivity contribution in [2.75, 3.05) is 5.73 Å². The van der Waals surface area contributed by atoms with Crippen LogP contribution in [0.4, 0.5) is 5.69 Å². The molecule has 0 aliphatic heterocycles. The van der Waals surface area contributed by atoms with Crippen molar-refractivity contribution in [1.82, 2.24) is 0 Å². The molecule has 0 saturated heterocycles. The number of anilines is 1. The minimum Gasteiger partial charge on any atom is -0.399 e. The summed E-state index contributed by atoms with van der Waals surface area (Å²) in [7, 11) is 0. The maximum Gasteiger partial charge on any atom is 0.132 e. The van der Waals surface area contributed by atoms with Crippen LogP contribution in [0.15, 0.2) is 24.3 Å². The minimum atomic E-state index is -0.483. The van der Waals surface area contributed by atoms with Crippen LogP contribution in [-0.2, 0) is 0 Å². The smallest absolute Gasteiger partial charge is 0.132 e. The Balaban J connectivity index is 2.96. The van der Waals surface area contributed by atoms with Crippen molar-refractivity contribution in [1.29, 1.82) is 0 Å². The summed E-state index contributed by atoms with van der Waals surface area (Å²) in [6, 6.07) is 7.20. The fourth-order valence-electron chi connectivity index (χ4n) is 0.695. The molecule has 0 fully saturated rings. The summed E-state index contributed by atoms with van der Waals surface area (Å²) in [6.45, 7) is 0. The molecule has 0 aliphatic rings. The van der Waals surface area contributed by atoms with Crippen LogP contribution in [0.2, 0.25) is 0 Å². The zero-order valence-corrected chi connectivity index (χ0v) is 6.73. The van der Waals surface area contributed by atoms with Gasteiger partial charge in [-0.25, -0.2) is 0 Å². The average molecular weight is 176 g/mol. The van der Waals surface area contributed by atoms with Gasteiger partial charge in [0.25, 0.3) is 0 Å². The fraction of sp³-hybridized carbons (Fsp3) is 0.143. The molecule has 0 aromatic heterocycles. The number of nitrogen functional groups attached to an aromatic ring is 1. The molecule has 0 bridgehead atoms. The summed E-state index contributed by atoms with van der Waals surface area (Å²) in [6.07, 6.45) is 0. The summed E-state index contributed by atoms with van der Waals surface area (Å²) in [4.78, 5) is -0.483. The van der Waals surface area contributed by atoms with Gasteiger partial charge in [0, 0.05) is 5.69 Å². The van der Waals surface area contributed by atoms with E-state index in [1.807, 2.05) is 12.1 Å². The maximum absolute atomic E-state index is 5.58. The number of hydrogen-bond acceptors (Lipinski definition) is 1. The van der Waals surface area contributed by atoms with Gasteiger partial charge in [-0.15, -0.1) is 23.2 Å². The quantitative estimate of drug-likeness (QED) is 0.516. The second kappa shape index (κ2) is 3.13. The van der Waals surface area contributed by atoms with Crippen LogP contribution in [0.3, 0.4) is 0 Å². The van der Waals surface area contributed by atoms with E-state index in [0.29, 0.717) is 5.69 Å². The van der Waals surface area contributed by atoms with Gasteiger partial charge in [0.1, 0.15) is 4.84 Å². The minimum absolute atomic E-state index is 0.483. The van der Waals surface area contributed by atoms with Gasteiger partial charge in [-0.05, 0) is 17.7 Å². The summed E-state index contributed by atoms with van der Waals surface area (Å²) in [5.41, 5.74) is 7.00. The van der Waals surface area contributed by atoms with E-state index >= 15 is 0 Å². The Kier molecular flexibility index (Phi) is 2.41. The highest BCUT2D eigenvalue weighted by Gasteiger charge is 2.01. The Labute approximate surface area is 69.7 Å². The largest absolute Gasteiger partial charge is 0.399 e. The van der Waals surface area contributed by atoms with Gasteiger partial charge in [0.15, 0.2) is 0 Å². The molecule has 1 aromatic rings. The van der Waals surface area contributed by atoms with E-state index in [-0.39, 0.29) is 0 Å². The maximum atomic E-state index is 5.58. The predicted octanol–water partition coefficient (Wildman–Crippen LogP) is 2.75. The van der Waals surface area contributed by atoms with Crippen molar-refractivity contribution in [2.24, 2.45) is 0 Å². The van der Waals surface area contributed by atoms with E-state index in [1.165, 1.54) is 0 Å². The first-order valence-electron chi connectivity index (χ1n) is 2.84. The molecule has 0 unspecified atom stereocenters. The Morgan fingerprint density at radius 2 is 2.00 bits per heavy atom. The summed E-state index contributed by atoms with van der Waals surface area (Å²) >= 11 is 11.2. The lowest BCUT2D eigenvalue weighted by Gasteiger charge is -2.00. The molecule has 1 aromatic carbocycles. The third-order valence-electron chi connectivity index (χ3n) is 1.16. The van der Waals surface area contributed by atoms with Gasteiger partial charge < -0.3 is 5.73 Å². The molecular weight excluding hydrogens is 169 g/mol. The zero-order chi connectivity index (χ0) is 7.56. The summed E-state index contributed by atoms with van der Waals surface area (Å²) in [5.74, 6) is 0. The molecule has 1 nitrogen and oxygen atoms in total. The van der Waals surface area contributed by atoms with Gasteiger partial charge in [-0.1, -0.05) is 12.1 Å². The van der Waals surface area contributed by atoms with Crippen LogP contribution >= 0.6 is 23.2 Å². The van der Waals surface area contributed by atoms with Crippen molar-refractivity contribution in [2.45, 2.75) is 4.84 Å². The number of alkyl halides is 2. The van der Waals surface area contributed by atoms with Crippen molar-refractivity contribution in [3.8, 4) is 0 Å². The first kappa shape index (κ1) is 7.70. The number of benzene rings is 1. The highest BCUT2D eigenvalue weighted by atomic mass is 35.5. The van der Waals surface area contributed by atoms with Crippen LogP contribution in [-0.4, -0.2) is 0 Å². The number of hydrogen-bond donors (Lipinski definition) is 1. The second-order valence-electron chi connectivity index (χ2n) is 1.97. The predicted molar refractivity (Wildman–Crippen MR) is 45.3 cm³/mol. The monoisotopic (exact) mass is 175 g/mol. The SMILES string of the molecule is Nc1cccc(C(Cl)Cl)c1. The van der Waals surface area contributed by atoms with E-state index in [9.17, 15) is 0 Å². The molecule has 1 rings (SSSR count). The first-order chi connectivity index (χ1) is 4.70. The van der Waals surface area contributed by atoms with E-state index in [0.717, 1.165) is 5.56 Å². The van der Waals surface area contributed by atoms with Gasteiger partial charge in [0.2, 0.25) is 0 Å². The molecule has 0 aliphatic carbocycles. The van der Waals surface area contributed by atoms with Crippen molar-refractivity contribution in [3.05, 3.63) is 29.8 Å². The lowest BCUT2D eigenvalue weighted by Crippen LogP contribution is -1.86. The van der Waals surface area contributed by atoms with E-state index < -0.39 is 4.84 Å². The molecule has 0 amide bonds. The van der Waals surface area contributed by atoms with E-state index in [4.69, 9.17) is 28.9 Å². The second-order valence-corrected chi connectivity index (χ2v) is 3.07. The number of halogens is 2. The zero-order valence-electron chi connectivity index (χ0n) is 5.22. The molecule has 0 radical (unpaired) electrons. The van der Waals surface area contributed by atoms with E-state index in [1.54, 1.807) is 12.1 Å². The van der Waals surface area contributed by atoms with Gasteiger partial charge in [-0.3, -0.25) is 0 Å². The lowest BCUT2D eigenvalue weighted by atomic mass is 10.2. The topological polar surface area (TPSA) is 26.0 Å². The lowest BCUT2D eigenvalue weighted by molar-refractivity contribution is 1.35. The van der Waals surface area contributed by atoms with Crippen LogP contribution in [0.5, 0.6) is 0 Å². The number of rotatable bonds is 1. The molecule has 3 heteroatoms. The van der Waals surface area contributed by atoms with Gasteiger partial charge in [0.05, 0.1) is 0 Å². The Morgan fingerprint density at radius 3 is 2.40 bits per heavy atom. The number of nitrogens with two attached hydrogens (primary N) is 1.